The number of para-hydroxylation sites is 1. The van der Waals surface area contributed by atoms with E-state index in [1.807, 2.05) is 0 Å². The van der Waals surface area contributed by atoms with Gasteiger partial charge in [-0.2, -0.15) is 0 Å². The van der Waals surface area contributed by atoms with Crippen LogP contribution in [0.1, 0.15) is 10.4 Å². The maximum absolute atomic E-state index is 12.2. The van der Waals surface area contributed by atoms with Gasteiger partial charge in [-0.3, -0.25) is 9.59 Å². The number of nitrogens with one attached hydrogen (secondary N) is 2. The van der Waals surface area contributed by atoms with Crippen LogP contribution in [-0.4, -0.2) is 22.1 Å². The zero-order chi connectivity index (χ0) is 15.2. The third-order valence-electron chi connectivity index (χ3n) is 2.54. The van der Waals surface area contributed by atoms with Gasteiger partial charge in [0.15, 0.2) is 0 Å². The van der Waals surface area contributed by atoms with Crippen molar-refractivity contribution in [3.05, 3.63) is 53.2 Å². The van der Waals surface area contributed by atoms with Gasteiger partial charge >= 0.3 is 0 Å². The second kappa shape index (κ2) is 7.19. The van der Waals surface area contributed by atoms with E-state index in [-0.39, 0.29) is 17.1 Å². The summed E-state index contributed by atoms with van der Waals surface area (Å²) in [5.74, 6) is -0.221. The number of amides is 2. The fourth-order valence-corrected chi connectivity index (χ4v) is 1.86. The summed E-state index contributed by atoms with van der Waals surface area (Å²) in [6.45, 7) is 0. The molecule has 0 atom stereocenters. The van der Waals surface area contributed by atoms with Crippen molar-refractivity contribution in [1.29, 1.82) is 0 Å². The first-order valence-electron chi connectivity index (χ1n) is 5.98. The summed E-state index contributed by atoms with van der Waals surface area (Å²) in [5.41, 5.74) is 0.789. The molecule has 0 radical (unpaired) electrons. The minimum absolute atomic E-state index is 0.154. The van der Waals surface area contributed by atoms with Gasteiger partial charge in [-0.1, -0.05) is 39.7 Å². The Bertz CT molecular complexity index is 662. The van der Waals surface area contributed by atoms with Crippen molar-refractivity contribution < 1.29 is 9.59 Å². The topological polar surface area (TPSA) is 71.1 Å². The zero-order valence-corrected chi connectivity index (χ0v) is 13.1. The van der Waals surface area contributed by atoms with E-state index in [9.17, 15) is 9.59 Å². The smallest absolute Gasteiger partial charge is 0.258 e. The number of anilines is 2. The normalized spacial score (nSPS) is 10.0. The minimum atomic E-state index is -0.365. The minimum Gasteiger partial charge on any atom is -0.325 e. The number of hydrogen-bond donors (Lipinski definition) is 2. The van der Waals surface area contributed by atoms with E-state index in [0.29, 0.717) is 22.1 Å². The Morgan fingerprint density at radius 3 is 2.57 bits per heavy atom. The highest BCUT2D eigenvalue weighted by molar-refractivity contribution is 9.09. The van der Waals surface area contributed by atoms with Gasteiger partial charge in [0.1, 0.15) is 5.82 Å². The summed E-state index contributed by atoms with van der Waals surface area (Å²) < 4.78 is 0. The van der Waals surface area contributed by atoms with Gasteiger partial charge in [-0.15, -0.1) is 0 Å². The molecule has 0 unspecified atom stereocenters. The molecule has 108 valence electrons. The lowest BCUT2D eigenvalue weighted by molar-refractivity contribution is -0.113. The Labute approximate surface area is 134 Å². The third kappa shape index (κ3) is 4.27. The first kappa shape index (κ1) is 15.5. The standard InChI is InChI=1S/C14H11BrClN3O2/c15-7-13(20)18-11-4-2-1-3-10(11)14(21)19-12-6-5-9(16)8-17-12/h1-6,8H,7H2,(H,18,20)(H,17,19,21). The van der Waals surface area contributed by atoms with Crippen molar-refractivity contribution in [3.8, 4) is 0 Å². The molecule has 2 rings (SSSR count). The van der Waals surface area contributed by atoms with E-state index < -0.39 is 0 Å². The summed E-state index contributed by atoms with van der Waals surface area (Å²) in [4.78, 5) is 27.7. The van der Waals surface area contributed by atoms with Crippen LogP contribution in [0.4, 0.5) is 11.5 Å². The summed E-state index contributed by atoms with van der Waals surface area (Å²) in [6, 6.07) is 9.96. The van der Waals surface area contributed by atoms with Crippen LogP contribution >= 0.6 is 27.5 Å². The highest BCUT2D eigenvalue weighted by Gasteiger charge is 2.13. The molecule has 0 bridgehead atoms. The molecule has 0 fully saturated rings. The summed E-state index contributed by atoms with van der Waals surface area (Å²) in [7, 11) is 0. The molecular formula is C14H11BrClN3O2. The van der Waals surface area contributed by atoms with Crippen LogP contribution in [-0.2, 0) is 4.79 Å². The first-order chi connectivity index (χ1) is 10.1. The Balaban J connectivity index is 2.18. The fourth-order valence-electron chi connectivity index (χ4n) is 1.61. The molecule has 0 saturated heterocycles. The lowest BCUT2D eigenvalue weighted by Crippen LogP contribution is -2.19. The quantitative estimate of drug-likeness (QED) is 0.813. The summed E-state index contributed by atoms with van der Waals surface area (Å²) in [5, 5.41) is 5.93. The molecule has 0 aliphatic carbocycles. The van der Waals surface area contributed by atoms with Crippen LogP contribution < -0.4 is 10.6 Å². The Morgan fingerprint density at radius 2 is 1.90 bits per heavy atom. The van der Waals surface area contributed by atoms with Crippen LogP contribution in [0.25, 0.3) is 0 Å². The van der Waals surface area contributed by atoms with Crippen LogP contribution in [0.2, 0.25) is 5.02 Å². The largest absolute Gasteiger partial charge is 0.325 e. The number of aromatic nitrogens is 1. The van der Waals surface area contributed by atoms with E-state index in [1.54, 1.807) is 36.4 Å². The Hall–Kier alpha value is -1.92. The summed E-state index contributed by atoms with van der Waals surface area (Å²) in [6.07, 6.45) is 1.44. The molecule has 2 aromatic rings. The van der Waals surface area contributed by atoms with Gasteiger partial charge < -0.3 is 10.6 Å². The van der Waals surface area contributed by atoms with Gasteiger partial charge in [-0.05, 0) is 24.3 Å². The maximum Gasteiger partial charge on any atom is 0.258 e. The predicted octanol–water partition coefficient (Wildman–Crippen LogP) is 3.32. The molecular weight excluding hydrogens is 358 g/mol. The number of pyridine rings is 1. The van der Waals surface area contributed by atoms with E-state index in [0.717, 1.165) is 0 Å². The van der Waals surface area contributed by atoms with Crippen LogP contribution in [0.5, 0.6) is 0 Å². The van der Waals surface area contributed by atoms with E-state index >= 15 is 0 Å². The second-order valence-corrected chi connectivity index (χ2v) is 5.04. The molecule has 1 heterocycles. The van der Waals surface area contributed by atoms with Crippen molar-refractivity contribution in [2.24, 2.45) is 0 Å². The van der Waals surface area contributed by atoms with Crippen molar-refractivity contribution in [2.75, 3.05) is 16.0 Å². The van der Waals surface area contributed by atoms with Gasteiger partial charge in [0.2, 0.25) is 5.91 Å². The van der Waals surface area contributed by atoms with Gasteiger partial charge in [0.25, 0.3) is 5.91 Å². The highest BCUT2D eigenvalue weighted by atomic mass is 79.9. The van der Waals surface area contributed by atoms with E-state index in [2.05, 4.69) is 31.5 Å². The first-order valence-corrected chi connectivity index (χ1v) is 7.48. The van der Waals surface area contributed by atoms with Crippen molar-refractivity contribution in [3.63, 3.8) is 0 Å². The van der Waals surface area contributed by atoms with Crippen molar-refractivity contribution in [1.82, 2.24) is 4.98 Å². The average Bonchev–Trinajstić information content (AvgIpc) is 2.50. The number of carbonyl (C=O) groups is 2. The SMILES string of the molecule is O=C(CBr)Nc1ccccc1C(=O)Nc1ccc(Cl)cn1. The lowest BCUT2D eigenvalue weighted by atomic mass is 10.1. The van der Waals surface area contributed by atoms with Gasteiger partial charge in [0, 0.05) is 6.20 Å². The fraction of sp³-hybridized carbons (Fsp3) is 0.0714. The molecule has 0 spiro atoms. The zero-order valence-electron chi connectivity index (χ0n) is 10.8. The Morgan fingerprint density at radius 1 is 1.14 bits per heavy atom. The number of rotatable bonds is 4. The third-order valence-corrected chi connectivity index (χ3v) is 3.27. The molecule has 1 aromatic carbocycles. The van der Waals surface area contributed by atoms with E-state index in [4.69, 9.17) is 11.6 Å². The van der Waals surface area contributed by atoms with Crippen molar-refractivity contribution >= 4 is 50.9 Å². The maximum atomic E-state index is 12.2. The molecule has 7 heteroatoms. The van der Waals surface area contributed by atoms with Crippen LogP contribution in [0, 0.1) is 0 Å². The number of nitrogens with zero attached hydrogens (tertiary/aromatic N) is 1. The molecule has 0 saturated carbocycles. The highest BCUT2D eigenvalue weighted by Crippen LogP contribution is 2.17. The monoisotopic (exact) mass is 367 g/mol. The predicted molar refractivity (Wildman–Crippen MR) is 86.1 cm³/mol. The number of benzene rings is 1. The van der Waals surface area contributed by atoms with Crippen molar-refractivity contribution in [2.45, 2.75) is 0 Å². The number of halogens is 2. The van der Waals surface area contributed by atoms with Crippen LogP contribution in [0.15, 0.2) is 42.6 Å². The number of carbonyl (C=O) groups excluding carboxylic acids is 2. The molecule has 21 heavy (non-hydrogen) atoms. The Kier molecular flexibility index (Phi) is 5.30. The molecule has 0 aliphatic heterocycles. The van der Waals surface area contributed by atoms with Gasteiger partial charge in [0.05, 0.1) is 21.6 Å². The number of hydrogen-bond acceptors (Lipinski definition) is 3. The van der Waals surface area contributed by atoms with Crippen LogP contribution in [0.3, 0.4) is 0 Å². The molecule has 5 nitrogen and oxygen atoms in total. The molecule has 0 aliphatic rings. The van der Waals surface area contributed by atoms with E-state index in [1.165, 1.54) is 6.20 Å². The molecule has 2 N–H and O–H groups in total. The van der Waals surface area contributed by atoms with Gasteiger partial charge in [-0.25, -0.2) is 4.98 Å². The average molecular weight is 369 g/mol. The molecule has 1 aromatic heterocycles. The summed E-state index contributed by atoms with van der Waals surface area (Å²) >= 11 is 8.80. The lowest BCUT2D eigenvalue weighted by Gasteiger charge is -2.10. The number of alkyl halides is 1. The second-order valence-electron chi connectivity index (χ2n) is 4.04. The molecule has 2 amide bonds.